The van der Waals surface area contributed by atoms with Gasteiger partial charge in [0.2, 0.25) is 0 Å². The van der Waals surface area contributed by atoms with Gasteiger partial charge in [-0.25, -0.2) is 8.42 Å². The molecule has 27 heavy (non-hydrogen) atoms. The molecule has 1 heterocycles. The van der Waals surface area contributed by atoms with E-state index in [1.54, 1.807) is 42.3 Å². The summed E-state index contributed by atoms with van der Waals surface area (Å²) in [4.78, 5) is 0.192. The van der Waals surface area contributed by atoms with Crippen LogP contribution in [0.1, 0.15) is 32.1 Å². The van der Waals surface area contributed by atoms with Crippen LogP contribution in [-0.2, 0) is 21.3 Å². The fourth-order valence-electron chi connectivity index (χ4n) is 3.22. The molecule has 7 nitrogen and oxygen atoms in total. The lowest BCUT2D eigenvalue weighted by molar-refractivity contribution is 0.183. The van der Waals surface area contributed by atoms with Gasteiger partial charge in [-0.05, 0) is 43.0 Å². The molecule has 2 aromatic rings. The van der Waals surface area contributed by atoms with E-state index in [0.717, 1.165) is 0 Å². The third kappa shape index (κ3) is 5.71. The Morgan fingerprint density at radius 3 is 2.63 bits per heavy atom. The molecule has 1 aromatic heterocycles. The molecule has 1 saturated carbocycles. The Bertz CT molecular complexity index is 812. The summed E-state index contributed by atoms with van der Waals surface area (Å²) in [7, 11) is -2.06. The van der Waals surface area contributed by atoms with Crippen molar-refractivity contribution in [1.29, 1.82) is 0 Å². The van der Waals surface area contributed by atoms with Crippen molar-refractivity contribution in [2.24, 2.45) is 5.92 Å². The van der Waals surface area contributed by atoms with Crippen molar-refractivity contribution in [3.8, 4) is 5.75 Å². The van der Waals surface area contributed by atoms with Crippen LogP contribution in [0.5, 0.6) is 5.75 Å². The number of sulfonamides is 1. The molecule has 3 rings (SSSR count). The van der Waals surface area contributed by atoms with Crippen molar-refractivity contribution in [2.75, 3.05) is 25.0 Å². The number of nitrogens with one attached hydrogen (secondary N) is 1. The van der Waals surface area contributed by atoms with E-state index in [1.807, 2.05) is 0 Å². The third-order valence-electron chi connectivity index (χ3n) is 4.75. The summed E-state index contributed by atoms with van der Waals surface area (Å²) in [5, 5.41) is 4.10. The highest BCUT2D eigenvalue weighted by Crippen LogP contribution is 2.25. The van der Waals surface area contributed by atoms with Crippen LogP contribution in [-0.4, -0.2) is 38.5 Å². The van der Waals surface area contributed by atoms with Crippen molar-refractivity contribution >= 4 is 15.7 Å². The van der Waals surface area contributed by atoms with E-state index in [1.165, 1.54) is 38.3 Å². The minimum absolute atomic E-state index is 0.192. The molecule has 0 amide bonds. The van der Waals surface area contributed by atoms with E-state index in [-0.39, 0.29) is 4.90 Å². The lowest BCUT2D eigenvalue weighted by Gasteiger charge is -2.21. The predicted molar refractivity (Wildman–Crippen MR) is 103 cm³/mol. The highest BCUT2D eigenvalue weighted by Gasteiger charge is 2.16. The molecule has 1 aromatic carbocycles. The second kappa shape index (κ2) is 9.23. The van der Waals surface area contributed by atoms with Gasteiger partial charge in [-0.2, -0.15) is 5.10 Å². The van der Waals surface area contributed by atoms with Gasteiger partial charge in [0.1, 0.15) is 5.75 Å². The van der Waals surface area contributed by atoms with E-state index in [4.69, 9.17) is 9.47 Å². The Balaban J connectivity index is 1.56. The topological polar surface area (TPSA) is 82.5 Å². The predicted octanol–water partition coefficient (Wildman–Crippen LogP) is 3.29. The largest absolute Gasteiger partial charge is 0.493 e. The van der Waals surface area contributed by atoms with Gasteiger partial charge in [-0.15, -0.1) is 0 Å². The Kier molecular flexibility index (Phi) is 6.73. The van der Waals surface area contributed by atoms with Gasteiger partial charge in [0, 0.05) is 13.3 Å². The quantitative estimate of drug-likeness (QED) is 0.707. The number of nitrogens with zero attached hydrogens (tertiary/aromatic N) is 2. The van der Waals surface area contributed by atoms with Crippen molar-refractivity contribution < 1.29 is 17.9 Å². The Morgan fingerprint density at radius 1 is 1.19 bits per heavy atom. The summed E-state index contributed by atoms with van der Waals surface area (Å²) in [6, 6.07) is 6.54. The SMILES string of the molecule is COCCn1cc(NS(=O)(=O)c2ccc(OCC3CCCCC3)cc2)cn1. The first-order valence-electron chi connectivity index (χ1n) is 9.34. The minimum atomic E-state index is -3.66. The van der Waals surface area contributed by atoms with Crippen LogP contribution >= 0.6 is 0 Å². The van der Waals surface area contributed by atoms with Crippen LogP contribution in [0.3, 0.4) is 0 Å². The first-order valence-corrected chi connectivity index (χ1v) is 10.8. The zero-order chi connectivity index (χ0) is 19.1. The van der Waals surface area contributed by atoms with Gasteiger partial charge >= 0.3 is 0 Å². The average molecular weight is 394 g/mol. The molecular formula is C19H27N3O4S. The summed E-state index contributed by atoms with van der Waals surface area (Å²) in [5.41, 5.74) is 0.420. The van der Waals surface area contributed by atoms with Crippen molar-refractivity contribution in [2.45, 2.75) is 43.5 Å². The van der Waals surface area contributed by atoms with Gasteiger partial charge in [0.05, 0.1) is 36.5 Å². The summed E-state index contributed by atoms with van der Waals surface area (Å²) in [6.07, 6.45) is 9.43. The van der Waals surface area contributed by atoms with Crippen LogP contribution in [0.4, 0.5) is 5.69 Å². The fraction of sp³-hybridized carbons (Fsp3) is 0.526. The summed E-state index contributed by atoms with van der Waals surface area (Å²) in [5.74, 6) is 1.31. The van der Waals surface area contributed by atoms with Crippen molar-refractivity contribution in [1.82, 2.24) is 9.78 Å². The van der Waals surface area contributed by atoms with Crippen LogP contribution in [0, 0.1) is 5.92 Å². The molecule has 0 unspecified atom stereocenters. The number of rotatable bonds is 9. The molecule has 8 heteroatoms. The number of hydrogen-bond acceptors (Lipinski definition) is 5. The van der Waals surface area contributed by atoms with Gasteiger partial charge in [0.15, 0.2) is 0 Å². The monoisotopic (exact) mass is 393 g/mol. The van der Waals surface area contributed by atoms with Crippen LogP contribution in [0.25, 0.3) is 0 Å². The number of methoxy groups -OCH3 is 1. The maximum absolute atomic E-state index is 12.5. The number of ether oxygens (including phenoxy) is 2. The zero-order valence-corrected chi connectivity index (χ0v) is 16.5. The summed E-state index contributed by atoms with van der Waals surface area (Å²) < 4.78 is 40.0. The van der Waals surface area contributed by atoms with Crippen molar-refractivity contribution in [3.63, 3.8) is 0 Å². The smallest absolute Gasteiger partial charge is 0.261 e. The van der Waals surface area contributed by atoms with Gasteiger partial charge in [0.25, 0.3) is 10.0 Å². The van der Waals surface area contributed by atoms with Crippen LogP contribution in [0.15, 0.2) is 41.6 Å². The van der Waals surface area contributed by atoms with E-state index >= 15 is 0 Å². The summed E-state index contributed by atoms with van der Waals surface area (Å²) >= 11 is 0. The number of hydrogen-bond donors (Lipinski definition) is 1. The third-order valence-corrected chi connectivity index (χ3v) is 6.15. The molecular weight excluding hydrogens is 366 g/mol. The molecule has 0 aliphatic heterocycles. The number of benzene rings is 1. The first-order chi connectivity index (χ1) is 13.1. The fourth-order valence-corrected chi connectivity index (χ4v) is 4.25. The van der Waals surface area contributed by atoms with Crippen LogP contribution in [0.2, 0.25) is 0 Å². The maximum Gasteiger partial charge on any atom is 0.261 e. The Morgan fingerprint density at radius 2 is 1.93 bits per heavy atom. The molecule has 1 N–H and O–H groups in total. The highest BCUT2D eigenvalue weighted by atomic mass is 32.2. The van der Waals surface area contributed by atoms with E-state index in [9.17, 15) is 8.42 Å². The Hall–Kier alpha value is -2.06. The lowest BCUT2D eigenvalue weighted by Crippen LogP contribution is -2.15. The highest BCUT2D eigenvalue weighted by molar-refractivity contribution is 7.92. The molecule has 1 fully saturated rings. The molecule has 148 valence electrons. The molecule has 0 spiro atoms. The minimum Gasteiger partial charge on any atom is -0.493 e. The van der Waals surface area contributed by atoms with Gasteiger partial charge < -0.3 is 9.47 Å². The van der Waals surface area contributed by atoms with Crippen LogP contribution < -0.4 is 9.46 Å². The van der Waals surface area contributed by atoms with E-state index in [2.05, 4.69) is 9.82 Å². The second-order valence-corrected chi connectivity index (χ2v) is 8.56. The Labute approximate surface area is 160 Å². The molecule has 0 radical (unpaired) electrons. The molecule has 1 aliphatic rings. The van der Waals surface area contributed by atoms with Crippen molar-refractivity contribution in [3.05, 3.63) is 36.7 Å². The number of aromatic nitrogens is 2. The van der Waals surface area contributed by atoms with Gasteiger partial charge in [-0.3, -0.25) is 9.40 Å². The van der Waals surface area contributed by atoms with Gasteiger partial charge in [-0.1, -0.05) is 19.3 Å². The second-order valence-electron chi connectivity index (χ2n) is 6.88. The average Bonchev–Trinajstić information content (AvgIpc) is 3.12. The zero-order valence-electron chi connectivity index (χ0n) is 15.6. The summed E-state index contributed by atoms with van der Waals surface area (Å²) in [6.45, 7) is 1.77. The molecule has 1 aliphatic carbocycles. The van der Waals surface area contributed by atoms with E-state index < -0.39 is 10.0 Å². The standard InChI is InChI=1S/C19H27N3O4S/c1-25-12-11-22-14-17(13-20-22)21-27(23,24)19-9-7-18(8-10-19)26-15-16-5-3-2-4-6-16/h7-10,13-14,16,21H,2-6,11-12,15H2,1H3. The lowest BCUT2D eigenvalue weighted by atomic mass is 9.90. The normalized spacial score (nSPS) is 15.6. The maximum atomic E-state index is 12.5. The molecule has 0 atom stereocenters. The molecule has 0 bridgehead atoms. The number of anilines is 1. The molecule has 0 saturated heterocycles. The van der Waals surface area contributed by atoms with E-state index in [0.29, 0.717) is 37.1 Å². The first kappa shape index (κ1) is 19.7.